The van der Waals surface area contributed by atoms with Gasteiger partial charge in [-0.3, -0.25) is 9.36 Å². The molecule has 0 saturated heterocycles. The Labute approximate surface area is 169 Å². The van der Waals surface area contributed by atoms with E-state index in [1.165, 1.54) is 16.3 Å². The number of anilines is 1. The van der Waals surface area contributed by atoms with Gasteiger partial charge in [0, 0.05) is 37.1 Å². The lowest BCUT2D eigenvalue weighted by Crippen LogP contribution is -2.28. The van der Waals surface area contributed by atoms with Crippen LogP contribution in [0.4, 0.5) is 5.82 Å². The van der Waals surface area contributed by atoms with Crippen LogP contribution in [0.5, 0.6) is 0 Å². The van der Waals surface area contributed by atoms with Gasteiger partial charge < -0.3 is 10.6 Å². The molecular weight excluding hydrogens is 368 g/mol. The summed E-state index contributed by atoms with van der Waals surface area (Å²) in [6, 6.07) is 16.7. The maximum Gasteiger partial charge on any atom is 0.172 e. The number of aryl methyl sites for hydroxylation is 1. The summed E-state index contributed by atoms with van der Waals surface area (Å²) >= 11 is 5.37. The Morgan fingerprint density at radius 2 is 1.93 bits per heavy atom. The lowest BCUT2D eigenvalue weighted by molar-refractivity contribution is 0.659. The number of nitrogens with one attached hydrogen (secondary N) is 2. The van der Waals surface area contributed by atoms with Crippen LogP contribution in [0.15, 0.2) is 67.1 Å². The van der Waals surface area contributed by atoms with Gasteiger partial charge in [-0.1, -0.05) is 42.5 Å². The lowest BCUT2D eigenvalue weighted by atomic mass is 10.0. The zero-order valence-electron chi connectivity index (χ0n) is 15.7. The van der Waals surface area contributed by atoms with Crippen LogP contribution in [0.25, 0.3) is 10.8 Å². The van der Waals surface area contributed by atoms with Crippen molar-refractivity contribution < 1.29 is 0 Å². The van der Waals surface area contributed by atoms with Crippen LogP contribution in [0.2, 0.25) is 0 Å². The van der Waals surface area contributed by atoms with Gasteiger partial charge in [0.2, 0.25) is 0 Å². The van der Waals surface area contributed by atoms with Gasteiger partial charge in [-0.15, -0.1) is 0 Å². The predicted molar refractivity (Wildman–Crippen MR) is 116 cm³/mol. The summed E-state index contributed by atoms with van der Waals surface area (Å²) in [5.74, 6) is 0.724. The van der Waals surface area contributed by atoms with Gasteiger partial charge in [0.25, 0.3) is 0 Å². The van der Waals surface area contributed by atoms with Crippen LogP contribution in [0, 0.1) is 0 Å². The number of hydrogen-bond acceptors (Lipinski definition) is 3. The minimum atomic E-state index is 0.541. The smallest absolute Gasteiger partial charge is 0.172 e. The quantitative estimate of drug-likeness (QED) is 0.491. The molecule has 4 aromatic rings. The normalized spacial score (nSPS) is 10.9. The van der Waals surface area contributed by atoms with Crippen LogP contribution in [-0.4, -0.2) is 24.7 Å². The van der Waals surface area contributed by atoms with Gasteiger partial charge >= 0.3 is 0 Å². The van der Waals surface area contributed by atoms with E-state index in [1.807, 2.05) is 34.0 Å². The predicted octanol–water partition coefficient (Wildman–Crippen LogP) is 3.79. The summed E-state index contributed by atoms with van der Waals surface area (Å²) in [4.78, 5) is 0. The van der Waals surface area contributed by atoms with Gasteiger partial charge in [0.05, 0.1) is 12.7 Å². The highest BCUT2D eigenvalue weighted by Gasteiger charge is 2.05. The fraction of sp³-hybridized carbons (Fsp3) is 0.190. The van der Waals surface area contributed by atoms with Crippen molar-refractivity contribution in [1.82, 2.24) is 24.9 Å². The molecule has 0 aliphatic heterocycles. The minimum absolute atomic E-state index is 0.541. The average Bonchev–Trinajstić information content (AvgIpc) is 3.36. The largest absolute Gasteiger partial charge is 0.358 e. The maximum absolute atomic E-state index is 5.37. The molecule has 0 saturated carbocycles. The van der Waals surface area contributed by atoms with Gasteiger partial charge in [-0.25, -0.2) is 0 Å². The first-order chi connectivity index (χ1) is 13.7. The molecule has 0 atom stereocenters. The Morgan fingerprint density at radius 3 is 2.79 bits per heavy atom. The Balaban J connectivity index is 1.36. The Morgan fingerprint density at radius 1 is 1.07 bits per heavy atom. The molecule has 2 N–H and O–H groups in total. The molecule has 0 fully saturated rings. The summed E-state index contributed by atoms with van der Waals surface area (Å²) in [7, 11) is 0. The molecule has 2 aromatic carbocycles. The fourth-order valence-electron chi connectivity index (χ4n) is 3.13. The molecule has 0 bridgehead atoms. The molecule has 7 heteroatoms. The standard InChI is InChI=1S/C21H22N6S/c1-2-26-14-16(13-23-26)12-22-21(28)24-20-10-11-27(25-20)15-18-8-5-7-17-6-3-4-9-19(17)18/h3-11,13-14H,2,12,15H2,1H3,(H2,22,24,25,28). The van der Waals surface area contributed by atoms with Crippen molar-refractivity contribution >= 4 is 33.9 Å². The second-order valence-electron chi connectivity index (χ2n) is 6.55. The van der Waals surface area contributed by atoms with E-state index in [9.17, 15) is 0 Å². The van der Waals surface area contributed by atoms with E-state index in [0.717, 1.165) is 17.9 Å². The highest BCUT2D eigenvalue weighted by Crippen LogP contribution is 2.19. The Bertz CT molecular complexity index is 1090. The number of benzene rings is 2. The van der Waals surface area contributed by atoms with E-state index >= 15 is 0 Å². The van der Waals surface area contributed by atoms with E-state index in [4.69, 9.17) is 12.2 Å². The summed E-state index contributed by atoms with van der Waals surface area (Å²) in [6.07, 6.45) is 5.81. The molecule has 2 aromatic heterocycles. The highest BCUT2D eigenvalue weighted by molar-refractivity contribution is 7.80. The Kier molecular flexibility index (Phi) is 5.34. The topological polar surface area (TPSA) is 59.7 Å². The molecule has 142 valence electrons. The minimum Gasteiger partial charge on any atom is -0.358 e. The molecule has 0 radical (unpaired) electrons. The van der Waals surface area contributed by atoms with Crippen LogP contribution >= 0.6 is 12.2 Å². The maximum atomic E-state index is 5.37. The van der Waals surface area contributed by atoms with Gasteiger partial charge in [0.15, 0.2) is 10.9 Å². The third kappa shape index (κ3) is 4.20. The monoisotopic (exact) mass is 390 g/mol. The highest BCUT2D eigenvalue weighted by atomic mass is 32.1. The number of rotatable bonds is 6. The summed E-state index contributed by atoms with van der Waals surface area (Å²) in [5, 5.41) is 18.2. The molecule has 0 spiro atoms. The van der Waals surface area contributed by atoms with E-state index in [0.29, 0.717) is 18.2 Å². The molecular formula is C21H22N6S. The second-order valence-corrected chi connectivity index (χ2v) is 6.96. The number of hydrogen-bond donors (Lipinski definition) is 2. The molecule has 2 heterocycles. The van der Waals surface area contributed by atoms with E-state index in [-0.39, 0.29) is 0 Å². The lowest BCUT2D eigenvalue weighted by Gasteiger charge is -2.08. The molecule has 0 amide bonds. The number of nitrogens with zero attached hydrogens (tertiary/aromatic N) is 4. The summed E-state index contributed by atoms with van der Waals surface area (Å²) in [5.41, 5.74) is 2.33. The van der Waals surface area contributed by atoms with Crippen molar-refractivity contribution in [2.45, 2.75) is 26.6 Å². The molecule has 0 unspecified atom stereocenters. The average molecular weight is 391 g/mol. The van der Waals surface area contributed by atoms with Crippen LogP contribution in [-0.2, 0) is 19.6 Å². The van der Waals surface area contributed by atoms with Crippen molar-refractivity contribution in [3.8, 4) is 0 Å². The number of thiocarbonyl (C=S) groups is 1. The third-order valence-corrected chi connectivity index (χ3v) is 4.80. The molecule has 0 aliphatic carbocycles. The van der Waals surface area contributed by atoms with Crippen LogP contribution in [0.3, 0.4) is 0 Å². The van der Waals surface area contributed by atoms with Crippen LogP contribution in [0.1, 0.15) is 18.1 Å². The fourth-order valence-corrected chi connectivity index (χ4v) is 3.31. The van der Waals surface area contributed by atoms with Gasteiger partial charge in [0.1, 0.15) is 0 Å². The van der Waals surface area contributed by atoms with Crippen molar-refractivity contribution in [3.05, 3.63) is 78.2 Å². The SMILES string of the molecule is CCn1cc(CNC(=S)Nc2ccn(Cc3cccc4ccccc34)n2)cn1. The molecule has 28 heavy (non-hydrogen) atoms. The summed E-state index contributed by atoms with van der Waals surface area (Å²) < 4.78 is 3.81. The van der Waals surface area contributed by atoms with Gasteiger partial charge in [-0.2, -0.15) is 10.2 Å². The first-order valence-electron chi connectivity index (χ1n) is 9.27. The van der Waals surface area contributed by atoms with Crippen molar-refractivity contribution in [3.63, 3.8) is 0 Å². The Hall–Kier alpha value is -3.19. The zero-order chi connectivity index (χ0) is 19.3. The zero-order valence-corrected chi connectivity index (χ0v) is 16.5. The molecule has 0 aliphatic rings. The van der Waals surface area contributed by atoms with E-state index in [1.54, 1.807) is 0 Å². The first-order valence-corrected chi connectivity index (χ1v) is 9.68. The van der Waals surface area contributed by atoms with Crippen molar-refractivity contribution in [2.75, 3.05) is 5.32 Å². The van der Waals surface area contributed by atoms with E-state index in [2.05, 4.69) is 70.2 Å². The molecule has 4 rings (SSSR count). The van der Waals surface area contributed by atoms with Crippen molar-refractivity contribution in [1.29, 1.82) is 0 Å². The first kappa shape index (κ1) is 18.2. The third-order valence-electron chi connectivity index (χ3n) is 4.56. The number of fused-ring (bicyclic) bond motifs is 1. The molecule has 6 nitrogen and oxygen atoms in total. The van der Waals surface area contributed by atoms with Crippen LogP contribution < -0.4 is 10.6 Å². The van der Waals surface area contributed by atoms with E-state index < -0.39 is 0 Å². The number of aromatic nitrogens is 4. The second kappa shape index (κ2) is 8.22. The summed E-state index contributed by atoms with van der Waals surface area (Å²) in [6.45, 7) is 4.25. The van der Waals surface area contributed by atoms with Gasteiger partial charge in [-0.05, 0) is 35.5 Å². The van der Waals surface area contributed by atoms with Crippen molar-refractivity contribution in [2.24, 2.45) is 0 Å².